The predicted octanol–water partition coefficient (Wildman–Crippen LogP) is 2.36. The lowest BCUT2D eigenvalue weighted by Crippen LogP contribution is -2.22. The summed E-state index contributed by atoms with van der Waals surface area (Å²) in [6.45, 7) is 5.21. The predicted molar refractivity (Wildman–Crippen MR) is 98.0 cm³/mol. The molecule has 138 valence electrons. The van der Waals surface area contributed by atoms with Gasteiger partial charge < -0.3 is 15.4 Å². The fourth-order valence-electron chi connectivity index (χ4n) is 2.10. The van der Waals surface area contributed by atoms with Crippen molar-refractivity contribution in [2.24, 2.45) is 0 Å². The number of aryl methyl sites for hydroxylation is 3. The Kier molecular flexibility index (Phi) is 6.79. The Labute approximate surface area is 155 Å². The second kappa shape index (κ2) is 9.04. The van der Waals surface area contributed by atoms with E-state index in [1.54, 1.807) is 13.0 Å². The van der Waals surface area contributed by atoms with Gasteiger partial charge in [0.25, 0.3) is 5.91 Å². The van der Waals surface area contributed by atoms with E-state index in [9.17, 15) is 14.4 Å². The van der Waals surface area contributed by atoms with Gasteiger partial charge in [0.15, 0.2) is 6.61 Å². The third-order valence-corrected chi connectivity index (χ3v) is 4.10. The van der Waals surface area contributed by atoms with Crippen LogP contribution in [0.5, 0.6) is 0 Å². The number of benzene rings is 1. The van der Waals surface area contributed by atoms with Crippen molar-refractivity contribution >= 4 is 39.9 Å². The summed E-state index contributed by atoms with van der Waals surface area (Å²) in [5.41, 5.74) is 2.69. The summed E-state index contributed by atoms with van der Waals surface area (Å²) in [6.07, 6.45) is -0.184. The minimum atomic E-state index is -0.621. The minimum Gasteiger partial charge on any atom is -0.456 e. The van der Waals surface area contributed by atoms with Crippen LogP contribution in [0.2, 0.25) is 0 Å². The monoisotopic (exact) mass is 376 g/mol. The van der Waals surface area contributed by atoms with Crippen LogP contribution in [0.15, 0.2) is 18.2 Å². The van der Waals surface area contributed by atoms with Gasteiger partial charge in [-0.15, -0.1) is 10.2 Å². The molecule has 26 heavy (non-hydrogen) atoms. The number of nitrogens with one attached hydrogen (secondary N) is 2. The molecule has 0 fully saturated rings. The molecule has 1 aromatic heterocycles. The van der Waals surface area contributed by atoms with Crippen LogP contribution >= 0.6 is 11.3 Å². The van der Waals surface area contributed by atoms with Gasteiger partial charge in [0.05, 0.1) is 6.42 Å². The highest BCUT2D eigenvalue weighted by atomic mass is 32.1. The Morgan fingerprint density at radius 3 is 2.46 bits per heavy atom. The summed E-state index contributed by atoms with van der Waals surface area (Å²) in [5.74, 6) is -1.42. The molecule has 0 aliphatic carbocycles. The minimum absolute atomic E-state index is 0.0594. The third kappa shape index (κ3) is 6.25. The first-order chi connectivity index (χ1) is 12.3. The second-order valence-electron chi connectivity index (χ2n) is 5.70. The molecule has 9 heteroatoms. The summed E-state index contributed by atoms with van der Waals surface area (Å²) in [5, 5.41) is 13.9. The zero-order valence-electron chi connectivity index (χ0n) is 14.8. The van der Waals surface area contributed by atoms with Gasteiger partial charge >= 0.3 is 5.97 Å². The Morgan fingerprint density at radius 2 is 1.81 bits per heavy atom. The van der Waals surface area contributed by atoms with Crippen molar-refractivity contribution in [3.05, 3.63) is 34.3 Å². The number of hydrogen-bond acceptors (Lipinski definition) is 7. The van der Waals surface area contributed by atoms with E-state index in [1.165, 1.54) is 11.3 Å². The summed E-state index contributed by atoms with van der Waals surface area (Å²) in [4.78, 5) is 35.2. The molecule has 1 aromatic carbocycles. The maximum absolute atomic E-state index is 11.9. The van der Waals surface area contributed by atoms with Crippen LogP contribution in [0.4, 0.5) is 10.8 Å². The van der Waals surface area contributed by atoms with Crippen LogP contribution < -0.4 is 10.6 Å². The molecule has 0 radical (unpaired) electrons. The first-order valence-corrected chi connectivity index (χ1v) is 8.78. The van der Waals surface area contributed by atoms with Crippen molar-refractivity contribution in [2.75, 3.05) is 17.2 Å². The van der Waals surface area contributed by atoms with E-state index in [0.717, 1.165) is 16.1 Å². The lowest BCUT2D eigenvalue weighted by molar-refractivity contribution is -0.147. The number of anilines is 2. The van der Waals surface area contributed by atoms with E-state index in [0.29, 0.717) is 10.8 Å². The van der Waals surface area contributed by atoms with Crippen LogP contribution in [-0.2, 0) is 19.1 Å². The van der Waals surface area contributed by atoms with Crippen molar-refractivity contribution in [1.29, 1.82) is 0 Å². The highest BCUT2D eigenvalue weighted by Crippen LogP contribution is 2.16. The van der Waals surface area contributed by atoms with Crippen molar-refractivity contribution in [1.82, 2.24) is 10.2 Å². The first-order valence-electron chi connectivity index (χ1n) is 7.96. The molecule has 0 bridgehead atoms. The molecule has 8 nitrogen and oxygen atoms in total. The Balaban J connectivity index is 1.69. The van der Waals surface area contributed by atoms with E-state index in [-0.39, 0.29) is 18.7 Å². The van der Waals surface area contributed by atoms with Gasteiger partial charge in [0.1, 0.15) is 5.01 Å². The second-order valence-corrected chi connectivity index (χ2v) is 6.88. The molecule has 2 amide bonds. The quantitative estimate of drug-likeness (QED) is 0.718. The molecule has 0 saturated carbocycles. The fourth-order valence-corrected chi connectivity index (χ4v) is 2.71. The smallest absolute Gasteiger partial charge is 0.306 e. The normalized spacial score (nSPS) is 10.3. The fraction of sp³-hybridized carbons (Fsp3) is 0.353. The van der Waals surface area contributed by atoms with Gasteiger partial charge in [0.2, 0.25) is 11.0 Å². The van der Waals surface area contributed by atoms with E-state index in [1.807, 2.05) is 26.0 Å². The number of aromatic nitrogens is 2. The van der Waals surface area contributed by atoms with Crippen LogP contribution in [0, 0.1) is 20.8 Å². The number of ether oxygens (including phenoxy) is 1. The van der Waals surface area contributed by atoms with Gasteiger partial charge in [-0.05, 0) is 32.4 Å². The molecule has 0 aliphatic rings. The lowest BCUT2D eigenvalue weighted by atomic mass is 10.1. The largest absolute Gasteiger partial charge is 0.456 e. The van der Waals surface area contributed by atoms with Gasteiger partial charge in [-0.1, -0.05) is 29.0 Å². The zero-order chi connectivity index (χ0) is 19.1. The number of carbonyl (C=O) groups excluding carboxylic acids is 3. The number of amides is 2. The average molecular weight is 376 g/mol. The van der Waals surface area contributed by atoms with Crippen molar-refractivity contribution in [3.8, 4) is 0 Å². The maximum atomic E-state index is 11.9. The van der Waals surface area contributed by atoms with Crippen LogP contribution in [0.3, 0.4) is 0 Å². The maximum Gasteiger partial charge on any atom is 0.306 e. The molecule has 0 saturated heterocycles. The molecule has 2 N–H and O–H groups in total. The molecule has 2 aromatic rings. The Hall–Kier alpha value is -2.81. The summed E-state index contributed by atoms with van der Waals surface area (Å²) in [7, 11) is 0. The Morgan fingerprint density at radius 1 is 1.04 bits per heavy atom. The molecule has 2 rings (SSSR count). The van der Waals surface area contributed by atoms with Crippen molar-refractivity contribution in [3.63, 3.8) is 0 Å². The van der Waals surface area contributed by atoms with E-state index in [4.69, 9.17) is 4.74 Å². The van der Waals surface area contributed by atoms with Gasteiger partial charge in [-0.2, -0.15) is 0 Å². The van der Waals surface area contributed by atoms with Gasteiger partial charge in [-0.3, -0.25) is 14.4 Å². The highest BCUT2D eigenvalue weighted by Gasteiger charge is 2.12. The molecular weight excluding hydrogens is 356 g/mol. The van der Waals surface area contributed by atoms with Crippen LogP contribution in [-0.4, -0.2) is 34.6 Å². The standard InChI is InChI=1S/C17H20N4O4S/c1-10-4-5-13(11(2)8-10)18-15(23)9-25-16(24)7-6-14(22)19-17-21-20-12(3)26-17/h4-5,8H,6-7,9H2,1-3H3,(H,18,23)(H,19,21,22). The lowest BCUT2D eigenvalue weighted by Gasteiger charge is -2.09. The topological polar surface area (TPSA) is 110 Å². The van der Waals surface area contributed by atoms with Crippen molar-refractivity contribution < 1.29 is 19.1 Å². The van der Waals surface area contributed by atoms with E-state index >= 15 is 0 Å². The molecular formula is C17H20N4O4S. The zero-order valence-corrected chi connectivity index (χ0v) is 15.6. The molecule has 0 atom stereocenters. The molecule has 0 unspecified atom stereocenters. The molecule has 0 spiro atoms. The third-order valence-electron chi connectivity index (χ3n) is 3.35. The van der Waals surface area contributed by atoms with Gasteiger partial charge in [0, 0.05) is 12.1 Å². The summed E-state index contributed by atoms with van der Waals surface area (Å²) in [6, 6.07) is 5.62. The number of esters is 1. The number of rotatable bonds is 7. The molecule has 0 aliphatic heterocycles. The number of carbonyl (C=O) groups is 3. The first kappa shape index (κ1) is 19.5. The van der Waals surface area contributed by atoms with E-state index < -0.39 is 18.5 Å². The Bertz CT molecular complexity index is 819. The van der Waals surface area contributed by atoms with Crippen molar-refractivity contribution in [2.45, 2.75) is 33.6 Å². The van der Waals surface area contributed by atoms with Crippen LogP contribution in [0.25, 0.3) is 0 Å². The molecule has 1 heterocycles. The van der Waals surface area contributed by atoms with E-state index in [2.05, 4.69) is 20.8 Å². The SMILES string of the molecule is Cc1ccc(NC(=O)COC(=O)CCC(=O)Nc2nnc(C)s2)c(C)c1. The van der Waals surface area contributed by atoms with Gasteiger partial charge in [-0.25, -0.2) is 0 Å². The summed E-state index contributed by atoms with van der Waals surface area (Å²) < 4.78 is 4.89. The highest BCUT2D eigenvalue weighted by molar-refractivity contribution is 7.15. The number of hydrogen-bond donors (Lipinski definition) is 2. The number of nitrogens with zero attached hydrogens (tertiary/aromatic N) is 2. The summed E-state index contributed by atoms with van der Waals surface area (Å²) >= 11 is 1.24. The average Bonchev–Trinajstić information content (AvgIpc) is 2.98. The van der Waals surface area contributed by atoms with Crippen LogP contribution in [0.1, 0.15) is 29.0 Å².